The summed E-state index contributed by atoms with van der Waals surface area (Å²) in [5.41, 5.74) is 1.56. The lowest BCUT2D eigenvalue weighted by atomic mass is 9.94. The lowest BCUT2D eigenvalue weighted by molar-refractivity contribution is -0.131. The largest absolute Gasteiger partial charge is 0.341 e. The third kappa shape index (κ3) is 2.37. The van der Waals surface area contributed by atoms with Crippen molar-refractivity contribution < 1.29 is 9.59 Å². The van der Waals surface area contributed by atoms with Crippen molar-refractivity contribution in [2.75, 3.05) is 18.5 Å². The molecule has 0 radical (unpaired) electrons. The van der Waals surface area contributed by atoms with Crippen LogP contribution in [0.5, 0.6) is 0 Å². The van der Waals surface area contributed by atoms with Gasteiger partial charge in [-0.25, -0.2) is 0 Å². The fourth-order valence-electron chi connectivity index (χ4n) is 4.05. The Labute approximate surface area is 142 Å². The normalized spacial score (nSPS) is 17.5. The van der Waals surface area contributed by atoms with E-state index in [1.807, 2.05) is 48.3 Å². The number of hydrogen-bond donors (Lipinski definition) is 0. The molecule has 2 aliphatic rings. The van der Waals surface area contributed by atoms with Gasteiger partial charge in [0.05, 0.1) is 5.69 Å². The van der Waals surface area contributed by atoms with Gasteiger partial charge in [0, 0.05) is 24.0 Å². The van der Waals surface area contributed by atoms with Crippen LogP contribution < -0.4 is 4.90 Å². The Hall–Kier alpha value is -2.36. The van der Waals surface area contributed by atoms with Gasteiger partial charge in [0.1, 0.15) is 6.54 Å². The number of carbonyl (C=O) groups is 2. The van der Waals surface area contributed by atoms with Crippen LogP contribution in [0.4, 0.5) is 5.69 Å². The predicted molar refractivity (Wildman–Crippen MR) is 95.3 cm³/mol. The average molecular weight is 322 g/mol. The molecule has 4 nitrogen and oxygen atoms in total. The summed E-state index contributed by atoms with van der Waals surface area (Å²) >= 11 is 0. The number of amides is 2. The molecule has 2 aromatic carbocycles. The van der Waals surface area contributed by atoms with Crippen LogP contribution in [0, 0.1) is 0 Å². The van der Waals surface area contributed by atoms with Gasteiger partial charge in [0.25, 0.3) is 5.91 Å². The molecule has 24 heavy (non-hydrogen) atoms. The Morgan fingerprint density at radius 1 is 1.12 bits per heavy atom. The molecular weight excluding hydrogens is 300 g/mol. The van der Waals surface area contributed by atoms with Crippen LogP contribution in [0.25, 0.3) is 10.8 Å². The van der Waals surface area contributed by atoms with Gasteiger partial charge in [0.2, 0.25) is 5.91 Å². The minimum Gasteiger partial charge on any atom is -0.341 e. The Morgan fingerprint density at radius 3 is 2.58 bits per heavy atom. The SMILES string of the molecule is CN(C(=O)CN1C(=O)c2cccc3cccc1c23)C1CCCCC1. The Bertz CT molecular complexity index is 803. The van der Waals surface area contributed by atoms with Crippen LogP contribution in [-0.4, -0.2) is 36.3 Å². The minimum atomic E-state index is -0.0628. The van der Waals surface area contributed by atoms with Crippen LogP contribution in [0.3, 0.4) is 0 Å². The van der Waals surface area contributed by atoms with E-state index >= 15 is 0 Å². The molecule has 4 heteroatoms. The van der Waals surface area contributed by atoms with E-state index in [2.05, 4.69) is 0 Å². The Balaban J connectivity index is 1.58. The zero-order valence-electron chi connectivity index (χ0n) is 14.0. The van der Waals surface area contributed by atoms with Gasteiger partial charge in [-0.2, -0.15) is 0 Å². The molecule has 2 aromatic rings. The fraction of sp³-hybridized carbons (Fsp3) is 0.400. The van der Waals surface area contributed by atoms with E-state index in [9.17, 15) is 9.59 Å². The van der Waals surface area contributed by atoms with Gasteiger partial charge in [-0.05, 0) is 30.4 Å². The highest BCUT2D eigenvalue weighted by molar-refractivity contribution is 6.26. The average Bonchev–Trinajstić information content (AvgIpc) is 2.90. The highest BCUT2D eigenvalue weighted by Gasteiger charge is 2.32. The van der Waals surface area contributed by atoms with Crippen molar-refractivity contribution in [3.63, 3.8) is 0 Å². The van der Waals surface area contributed by atoms with Crippen LogP contribution in [-0.2, 0) is 4.79 Å². The Morgan fingerprint density at radius 2 is 1.83 bits per heavy atom. The third-order valence-corrected chi connectivity index (χ3v) is 5.46. The third-order valence-electron chi connectivity index (χ3n) is 5.46. The monoisotopic (exact) mass is 322 g/mol. The zero-order chi connectivity index (χ0) is 16.7. The van der Waals surface area contributed by atoms with Gasteiger partial charge in [-0.1, -0.05) is 43.5 Å². The van der Waals surface area contributed by atoms with E-state index in [1.54, 1.807) is 4.90 Å². The highest BCUT2D eigenvalue weighted by Crippen LogP contribution is 2.37. The van der Waals surface area contributed by atoms with Crippen molar-refractivity contribution in [3.05, 3.63) is 42.0 Å². The Kier molecular flexibility index (Phi) is 3.75. The number of benzene rings is 2. The van der Waals surface area contributed by atoms with Crippen molar-refractivity contribution in [1.82, 2.24) is 4.90 Å². The van der Waals surface area contributed by atoms with E-state index in [1.165, 1.54) is 19.3 Å². The summed E-state index contributed by atoms with van der Waals surface area (Å²) in [5.74, 6) is -0.0350. The fourth-order valence-corrected chi connectivity index (χ4v) is 4.05. The lowest BCUT2D eigenvalue weighted by Gasteiger charge is -2.32. The molecule has 124 valence electrons. The number of hydrogen-bond acceptors (Lipinski definition) is 2. The van der Waals surface area contributed by atoms with Crippen LogP contribution in [0.15, 0.2) is 36.4 Å². The molecule has 4 rings (SSSR count). The maximum absolute atomic E-state index is 12.8. The topological polar surface area (TPSA) is 40.6 Å². The van der Waals surface area contributed by atoms with Crippen LogP contribution >= 0.6 is 0 Å². The van der Waals surface area contributed by atoms with E-state index < -0.39 is 0 Å². The molecule has 0 spiro atoms. The molecule has 2 amide bonds. The summed E-state index contributed by atoms with van der Waals surface area (Å²) in [6.07, 6.45) is 5.80. The van der Waals surface area contributed by atoms with Gasteiger partial charge in [0.15, 0.2) is 0 Å². The predicted octanol–water partition coefficient (Wildman–Crippen LogP) is 3.59. The lowest BCUT2D eigenvalue weighted by Crippen LogP contribution is -2.45. The number of anilines is 1. The second-order valence-electron chi connectivity index (χ2n) is 6.87. The standard InChI is InChI=1S/C20H22N2O2/c1-21(15-9-3-2-4-10-15)18(23)13-22-17-12-6-8-14-7-5-11-16(19(14)17)20(22)24/h5-8,11-12,15H,2-4,9-10,13H2,1H3. The van der Waals surface area contributed by atoms with Gasteiger partial charge in [-0.3, -0.25) is 14.5 Å². The number of likely N-dealkylation sites (N-methyl/N-ethyl adjacent to an activating group) is 1. The number of carbonyl (C=O) groups excluding carboxylic acids is 2. The maximum atomic E-state index is 12.8. The van der Waals surface area contributed by atoms with Gasteiger partial charge < -0.3 is 4.90 Å². The minimum absolute atomic E-state index is 0.0278. The molecule has 0 saturated heterocycles. The second kappa shape index (κ2) is 5.93. The molecule has 0 aromatic heterocycles. The summed E-state index contributed by atoms with van der Waals surface area (Å²) in [5, 5.41) is 2.02. The van der Waals surface area contributed by atoms with E-state index in [0.29, 0.717) is 11.6 Å². The molecule has 1 saturated carbocycles. The van der Waals surface area contributed by atoms with Crippen molar-refractivity contribution >= 4 is 28.3 Å². The van der Waals surface area contributed by atoms with E-state index in [4.69, 9.17) is 0 Å². The molecule has 1 aliphatic carbocycles. The highest BCUT2D eigenvalue weighted by atomic mass is 16.2. The van der Waals surface area contributed by atoms with Gasteiger partial charge in [-0.15, -0.1) is 0 Å². The number of rotatable bonds is 3. The first-order chi connectivity index (χ1) is 11.7. The molecule has 0 unspecified atom stereocenters. The first kappa shape index (κ1) is 15.2. The molecule has 0 bridgehead atoms. The van der Waals surface area contributed by atoms with Crippen molar-refractivity contribution in [2.45, 2.75) is 38.1 Å². The van der Waals surface area contributed by atoms with Crippen molar-refractivity contribution in [2.24, 2.45) is 0 Å². The smallest absolute Gasteiger partial charge is 0.259 e. The summed E-state index contributed by atoms with van der Waals surface area (Å²) in [6.45, 7) is 0.125. The summed E-state index contributed by atoms with van der Waals surface area (Å²) in [7, 11) is 1.88. The number of nitrogens with zero attached hydrogens (tertiary/aromatic N) is 2. The molecular formula is C20H22N2O2. The maximum Gasteiger partial charge on any atom is 0.259 e. The molecule has 1 fully saturated rings. The molecule has 0 N–H and O–H groups in total. The zero-order valence-corrected chi connectivity index (χ0v) is 14.0. The molecule has 0 atom stereocenters. The van der Waals surface area contributed by atoms with Crippen molar-refractivity contribution in [3.8, 4) is 0 Å². The van der Waals surface area contributed by atoms with Gasteiger partial charge >= 0.3 is 0 Å². The second-order valence-corrected chi connectivity index (χ2v) is 6.87. The van der Waals surface area contributed by atoms with Crippen LogP contribution in [0.1, 0.15) is 42.5 Å². The van der Waals surface area contributed by atoms with Crippen LogP contribution in [0.2, 0.25) is 0 Å². The van der Waals surface area contributed by atoms with E-state index in [-0.39, 0.29) is 18.4 Å². The summed E-state index contributed by atoms with van der Waals surface area (Å²) < 4.78 is 0. The summed E-state index contributed by atoms with van der Waals surface area (Å²) in [4.78, 5) is 29.0. The van der Waals surface area contributed by atoms with E-state index in [0.717, 1.165) is 29.3 Å². The first-order valence-corrected chi connectivity index (χ1v) is 8.76. The molecule has 1 heterocycles. The summed E-state index contributed by atoms with van der Waals surface area (Å²) in [6, 6.07) is 12.0. The van der Waals surface area contributed by atoms with Crippen molar-refractivity contribution in [1.29, 1.82) is 0 Å². The first-order valence-electron chi connectivity index (χ1n) is 8.76. The molecule has 1 aliphatic heterocycles. The quantitative estimate of drug-likeness (QED) is 0.866.